The van der Waals surface area contributed by atoms with Gasteiger partial charge in [-0.15, -0.1) is 0 Å². The third-order valence-corrected chi connectivity index (χ3v) is 10.6. The van der Waals surface area contributed by atoms with Gasteiger partial charge in [0.15, 0.2) is 0 Å². The number of fused-ring (bicyclic) bond motifs is 5. The van der Waals surface area contributed by atoms with Crippen LogP contribution in [0.2, 0.25) is 0 Å². The fourth-order valence-corrected chi connectivity index (χ4v) is 9.04. The Kier molecular flexibility index (Phi) is 6.14. The van der Waals surface area contributed by atoms with Crippen LogP contribution >= 0.6 is 0 Å². The second-order valence-electron chi connectivity index (χ2n) is 11.6. The van der Waals surface area contributed by atoms with Crippen molar-refractivity contribution in [3.05, 3.63) is 10.4 Å². The lowest BCUT2D eigenvalue weighted by atomic mass is 9.44. The minimum atomic E-state index is -0.0622. The van der Waals surface area contributed by atoms with Crippen molar-refractivity contribution in [1.82, 2.24) is 0 Å². The van der Waals surface area contributed by atoms with Gasteiger partial charge in [0.25, 0.3) is 0 Å². The summed E-state index contributed by atoms with van der Waals surface area (Å²) in [4.78, 5) is 14.8. The number of methoxy groups -OCH3 is 1. The molecule has 30 heavy (non-hydrogen) atoms. The van der Waals surface area contributed by atoms with Crippen LogP contribution in [0.4, 0.5) is 0 Å². The number of azide groups is 1. The number of nitrogens with zero attached hydrogens (tertiary/aromatic N) is 3. The fraction of sp³-hybridized carbons (Fsp3) is 0.960. The first-order valence-corrected chi connectivity index (χ1v) is 12.4. The first kappa shape index (κ1) is 22.0. The maximum atomic E-state index is 11.7. The van der Waals surface area contributed by atoms with Gasteiger partial charge in [0, 0.05) is 17.4 Å². The van der Waals surface area contributed by atoms with Crippen LogP contribution in [-0.2, 0) is 9.53 Å². The summed E-state index contributed by atoms with van der Waals surface area (Å²) in [5.74, 6) is 4.61. The van der Waals surface area contributed by atoms with E-state index in [0.717, 1.165) is 48.9 Å². The summed E-state index contributed by atoms with van der Waals surface area (Å²) in [7, 11) is 1.50. The number of hydrogen-bond donors (Lipinski definition) is 0. The Balaban J connectivity index is 1.47. The van der Waals surface area contributed by atoms with Gasteiger partial charge in [-0.3, -0.25) is 4.79 Å². The second-order valence-corrected chi connectivity index (χ2v) is 11.6. The summed E-state index contributed by atoms with van der Waals surface area (Å²) < 4.78 is 4.88. The number of rotatable bonds is 5. The molecule has 0 N–H and O–H groups in total. The largest absolute Gasteiger partial charge is 0.469 e. The Labute approximate surface area is 182 Å². The lowest BCUT2D eigenvalue weighted by Crippen LogP contribution is -2.54. The molecule has 0 amide bonds. The van der Waals surface area contributed by atoms with Gasteiger partial charge in [0.1, 0.15) is 0 Å². The van der Waals surface area contributed by atoms with Gasteiger partial charge >= 0.3 is 5.97 Å². The van der Waals surface area contributed by atoms with Crippen molar-refractivity contribution in [2.45, 2.75) is 97.4 Å². The molecule has 4 saturated carbocycles. The molecule has 0 aromatic heterocycles. The number of carbonyl (C=O) groups excluding carboxylic acids is 1. The monoisotopic (exact) mass is 415 g/mol. The van der Waals surface area contributed by atoms with Crippen molar-refractivity contribution in [2.75, 3.05) is 7.11 Å². The van der Waals surface area contributed by atoms with Gasteiger partial charge in [-0.25, -0.2) is 0 Å². The summed E-state index contributed by atoms with van der Waals surface area (Å²) in [6, 6.07) is 0.227. The lowest BCUT2D eigenvalue weighted by molar-refractivity contribution is -0.141. The van der Waals surface area contributed by atoms with Crippen molar-refractivity contribution >= 4 is 5.97 Å². The lowest BCUT2D eigenvalue weighted by Gasteiger charge is -2.61. The Morgan fingerprint density at radius 2 is 1.83 bits per heavy atom. The molecule has 168 valence electrons. The fourth-order valence-electron chi connectivity index (χ4n) is 9.04. The molecule has 0 aromatic carbocycles. The Bertz CT molecular complexity index is 705. The summed E-state index contributed by atoms with van der Waals surface area (Å²) in [5, 5.41) is 4.09. The van der Waals surface area contributed by atoms with Gasteiger partial charge in [-0.2, -0.15) is 0 Å². The van der Waals surface area contributed by atoms with Crippen molar-refractivity contribution in [3.63, 3.8) is 0 Å². The van der Waals surface area contributed by atoms with Crippen molar-refractivity contribution in [3.8, 4) is 0 Å². The highest BCUT2D eigenvalue weighted by Crippen LogP contribution is 2.68. The number of hydrogen-bond acceptors (Lipinski definition) is 3. The summed E-state index contributed by atoms with van der Waals surface area (Å²) in [6.07, 6.45) is 13.1. The summed E-state index contributed by atoms with van der Waals surface area (Å²) in [5.41, 5.74) is 9.77. The molecule has 4 rings (SSSR count). The van der Waals surface area contributed by atoms with E-state index in [1.807, 2.05) is 0 Å². The van der Waals surface area contributed by atoms with Crippen LogP contribution in [-0.4, -0.2) is 19.1 Å². The average molecular weight is 416 g/mol. The minimum absolute atomic E-state index is 0.0622. The quantitative estimate of drug-likeness (QED) is 0.212. The minimum Gasteiger partial charge on any atom is -0.469 e. The molecular formula is C25H41N3O2. The first-order valence-electron chi connectivity index (χ1n) is 12.4. The number of carbonyl (C=O) groups is 1. The van der Waals surface area contributed by atoms with Gasteiger partial charge in [-0.1, -0.05) is 25.9 Å². The van der Waals surface area contributed by atoms with E-state index in [-0.39, 0.29) is 12.0 Å². The molecule has 0 saturated heterocycles. The van der Waals surface area contributed by atoms with E-state index in [1.165, 1.54) is 52.1 Å². The van der Waals surface area contributed by atoms with E-state index >= 15 is 0 Å². The van der Waals surface area contributed by atoms with E-state index in [0.29, 0.717) is 23.2 Å². The Hall–Kier alpha value is -1.22. The summed E-state index contributed by atoms with van der Waals surface area (Å²) in [6.45, 7) is 7.55. The standard InChI is InChI=1S/C25H41N3O2/c1-16(5-10-23(29)30-4)20-8-9-21-19-7-6-17-15-18(27-28-26)11-13-24(17,2)22(19)12-14-25(20,21)3/h16-22H,5-15H2,1-4H3/t16-,17?,18?,19+,20-,21+,22+,24+,25-/m1/s1. The van der Waals surface area contributed by atoms with Gasteiger partial charge in [0.2, 0.25) is 0 Å². The second kappa shape index (κ2) is 8.37. The molecule has 0 bridgehead atoms. The number of ether oxygens (including phenoxy) is 1. The molecule has 4 aliphatic rings. The van der Waals surface area contributed by atoms with Crippen molar-refractivity contribution < 1.29 is 9.53 Å². The van der Waals surface area contributed by atoms with Gasteiger partial charge in [0.05, 0.1) is 7.11 Å². The third-order valence-electron chi connectivity index (χ3n) is 10.6. The van der Waals surface area contributed by atoms with Crippen LogP contribution in [0.15, 0.2) is 5.11 Å². The van der Waals surface area contributed by atoms with E-state index in [9.17, 15) is 4.79 Å². The highest BCUT2D eigenvalue weighted by molar-refractivity contribution is 5.69. The first-order chi connectivity index (χ1) is 14.3. The predicted octanol–water partition coefficient (Wildman–Crippen LogP) is 6.91. The Morgan fingerprint density at radius 3 is 2.57 bits per heavy atom. The topological polar surface area (TPSA) is 75.1 Å². The smallest absolute Gasteiger partial charge is 0.305 e. The molecule has 0 heterocycles. The van der Waals surface area contributed by atoms with Crippen LogP contribution in [0.1, 0.15) is 91.4 Å². The van der Waals surface area contributed by atoms with Crippen LogP contribution < -0.4 is 0 Å². The SMILES string of the molecule is COC(=O)CC[C@@H](C)[C@H]1CC[C@H]2[C@@H]3CCC4CC(N=[N+]=[N-])CC[C@]4(C)[C@H]3CC[C@]12C. The Morgan fingerprint density at radius 1 is 1.10 bits per heavy atom. The van der Waals surface area contributed by atoms with Gasteiger partial charge in [-0.05, 0) is 116 Å². The molecule has 4 aliphatic carbocycles. The molecule has 0 spiro atoms. The van der Waals surface area contributed by atoms with Gasteiger partial charge < -0.3 is 4.74 Å². The van der Waals surface area contributed by atoms with Crippen LogP contribution in [0.3, 0.4) is 0 Å². The normalized spacial score (nSPS) is 46.0. The molecular weight excluding hydrogens is 374 g/mol. The van der Waals surface area contributed by atoms with Crippen LogP contribution in [0.5, 0.6) is 0 Å². The zero-order valence-electron chi connectivity index (χ0n) is 19.5. The predicted molar refractivity (Wildman–Crippen MR) is 119 cm³/mol. The molecule has 5 nitrogen and oxygen atoms in total. The maximum absolute atomic E-state index is 11.7. The molecule has 2 unspecified atom stereocenters. The molecule has 0 aliphatic heterocycles. The van der Waals surface area contributed by atoms with Crippen LogP contribution in [0.25, 0.3) is 10.4 Å². The van der Waals surface area contributed by atoms with Crippen LogP contribution in [0, 0.1) is 46.3 Å². The van der Waals surface area contributed by atoms with Crippen molar-refractivity contribution in [2.24, 2.45) is 51.5 Å². The highest BCUT2D eigenvalue weighted by atomic mass is 16.5. The average Bonchev–Trinajstić information content (AvgIpc) is 3.09. The molecule has 0 aromatic rings. The molecule has 4 fully saturated rings. The molecule has 9 atom stereocenters. The maximum Gasteiger partial charge on any atom is 0.305 e. The molecule has 0 radical (unpaired) electrons. The zero-order valence-corrected chi connectivity index (χ0v) is 19.5. The van der Waals surface area contributed by atoms with Crippen molar-refractivity contribution in [1.29, 1.82) is 0 Å². The number of esters is 1. The highest BCUT2D eigenvalue weighted by Gasteiger charge is 2.60. The van der Waals surface area contributed by atoms with E-state index in [1.54, 1.807) is 0 Å². The van der Waals surface area contributed by atoms with E-state index in [2.05, 4.69) is 30.8 Å². The third kappa shape index (κ3) is 3.55. The molecule has 5 heteroatoms. The summed E-state index contributed by atoms with van der Waals surface area (Å²) >= 11 is 0. The zero-order chi connectivity index (χ0) is 21.5. The van der Waals surface area contributed by atoms with E-state index in [4.69, 9.17) is 10.3 Å². The van der Waals surface area contributed by atoms with E-state index < -0.39 is 0 Å².